The van der Waals surface area contributed by atoms with E-state index in [1.165, 1.54) is 30.7 Å². The second-order valence-electron chi connectivity index (χ2n) is 7.39. The summed E-state index contributed by atoms with van der Waals surface area (Å²) >= 11 is 6.03. The lowest BCUT2D eigenvalue weighted by Crippen LogP contribution is -2.50. The molecule has 0 radical (unpaired) electrons. The Balaban J connectivity index is 1.44. The zero-order chi connectivity index (χ0) is 23.6. The zero-order valence-corrected chi connectivity index (χ0v) is 19.7. The smallest absolute Gasteiger partial charge is 0.271 e. The van der Waals surface area contributed by atoms with Gasteiger partial charge in [0.2, 0.25) is 10.0 Å². The Labute approximate surface area is 196 Å². The third-order valence-electron chi connectivity index (χ3n) is 5.45. The lowest BCUT2D eigenvalue weighted by Gasteiger charge is -2.33. The van der Waals surface area contributed by atoms with Crippen molar-refractivity contribution in [1.29, 1.82) is 0 Å². The molecule has 0 bridgehead atoms. The zero-order valence-electron chi connectivity index (χ0n) is 18.1. The molecule has 9 nitrogen and oxygen atoms in total. The summed E-state index contributed by atoms with van der Waals surface area (Å²) in [5, 5.41) is 7.56. The molecule has 11 heteroatoms. The molecular formula is C22H23ClN4O5S. The quantitative estimate of drug-likeness (QED) is 0.569. The third-order valence-corrected chi connectivity index (χ3v) is 7.58. The molecule has 0 spiro atoms. The van der Waals surface area contributed by atoms with Gasteiger partial charge < -0.3 is 14.4 Å². The average molecular weight is 491 g/mol. The van der Waals surface area contributed by atoms with Gasteiger partial charge in [-0.1, -0.05) is 23.7 Å². The molecule has 0 saturated carbocycles. The molecule has 2 heterocycles. The lowest BCUT2D eigenvalue weighted by atomic mass is 10.1. The maximum Gasteiger partial charge on any atom is 0.271 e. The first-order valence-corrected chi connectivity index (χ1v) is 12.0. The number of nitrogens with zero attached hydrogens (tertiary/aromatic N) is 3. The highest BCUT2D eigenvalue weighted by Gasteiger charge is 2.31. The number of hydrogen-bond donors (Lipinski definition) is 1. The Hall–Kier alpha value is -3.08. The van der Waals surface area contributed by atoms with Crippen LogP contribution < -0.4 is 9.47 Å². The monoisotopic (exact) mass is 490 g/mol. The van der Waals surface area contributed by atoms with Crippen LogP contribution in [0, 0.1) is 0 Å². The van der Waals surface area contributed by atoms with E-state index in [1.807, 2.05) is 12.1 Å². The van der Waals surface area contributed by atoms with E-state index in [2.05, 4.69) is 10.2 Å². The molecule has 1 fully saturated rings. The molecule has 1 amide bonds. The predicted molar refractivity (Wildman–Crippen MR) is 123 cm³/mol. The molecule has 2 aromatic carbocycles. The number of nitrogens with one attached hydrogen (secondary N) is 1. The minimum atomic E-state index is -3.74. The Kier molecular flexibility index (Phi) is 6.59. The fraction of sp³-hybridized carbons (Fsp3) is 0.273. The molecule has 3 aromatic rings. The number of H-pyrrole nitrogens is 1. The number of amides is 1. The number of methoxy groups -OCH3 is 2. The molecule has 1 saturated heterocycles. The van der Waals surface area contributed by atoms with E-state index in [-0.39, 0.29) is 37.0 Å². The molecule has 0 atom stereocenters. The van der Waals surface area contributed by atoms with E-state index in [1.54, 1.807) is 29.2 Å². The van der Waals surface area contributed by atoms with Crippen LogP contribution >= 0.6 is 11.6 Å². The number of carbonyl (C=O) groups is 1. The fourth-order valence-electron chi connectivity index (χ4n) is 3.65. The Bertz CT molecular complexity index is 1270. The normalized spacial score (nSPS) is 14.8. The second-order valence-corrected chi connectivity index (χ2v) is 9.76. The summed E-state index contributed by atoms with van der Waals surface area (Å²) in [6, 6.07) is 13.3. The topological polar surface area (TPSA) is 105 Å². The van der Waals surface area contributed by atoms with Gasteiger partial charge in [0.25, 0.3) is 5.91 Å². The van der Waals surface area contributed by atoms with Crippen LogP contribution in [0.5, 0.6) is 11.5 Å². The summed E-state index contributed by atoms with van der Waals surface area (Å²) in [6.07, 6.45) is 0. The third kappa shape index (κ3) is 4.68. The van der Waals surface area contributed by atoms with Crippen LogP contribution in [0.2, 0.25) is 5.02 Å². The van der Waals surface area contributed by atoms with Crippen molar-refractivity contribution in [1.82, 2.24) is 19.4 Å². The molecular weight excluding hydrogens is 468 g/mol. The van der Waals surface area contributed by atoms with E-state index in [0.29, 0.717) is 27.9 Å². The molecule has 1 aliphatic heterocycles. The molecule has 1 N–H and O–H groups in total. The van der Waals surface area contributed by atoms with Gasteiger partial charge in [-0.25, -0.2) is 8.42 Å². The van der Waals surface area contributed by atoms with Crippen molar-refractivity contribution in [2.24, 2.45) is 0 Å². The van der Waals surface area contributed by atoms with Gasteiger partial charge in [-0.2, -0.15) is 9.40 Å². The number of rotatable bonds is 6. The van der Waals surface area contributed by atoms with Crippen molar-refractivity contribution in [2.75, 3.05) is 40.4 Å². The van der Waals surface area contributed by atoms with Gasteiger partial charge in [-0.05, 0) is 30.3 Å². The van der Waals surface area contributed by atoms with Crippen LogP contribution in [0.3, 0.4) is 0 Å². The molecule has 33 heavy (non-hydrogen) atoms. The number of sulfonamides is 1. The van der Waals surface area contributed by atoms with Gasteiger partial charge in [0.15, 0.2) is 11.5 Å². The van der Waals surface area contributed by atoms with Crippen LogP contribution in [0.15, 0.2) is 53.4 Å². The van der Waals surface area contributed by atoms with Crippen LogP contribution in [0.4, 0.5) is 0 Å². The number of benzene rings is 2. The summed E-state index contributed by atoms with van der Waals surface area (Å²) in [5.74, 6) is 0.546. The summed E-state index contributed by atoms with van der Waals surface area (Å²) in [7, 11) is -0.806. The second kappa shape index (κ2) is 9.42. The first kappa shape index (κ1) is 23.1. The van der Waals surface area contributed by atoms with Crippen molar-refractivity contribution < 1.29 is 22.7 Å². The van der Waals surface area contributed by atoms with Crippen LogP contribution in [0.1, 0.15) is 10.5 Å². The molecule has 0 unspecified atom stereocenters. The summed E-state index contributed by atoms with van der Waals surface area (Å²) < 4.78 is 37.9. The highest BCUT2D eigenvalue weighted by Crippen LogP contribution is 2.31. The van der Waals surface area contributed by atoms with Gasteiger partial charge >= 0.3 is 0 Å². The maximum absolute atomic E-state index is 13.1. The fourth-order valence-corrected chi connectivity index (χ4v) is 5.28. The number of ether oxygens (including phenoxy) is 2. The Morgan fingerprint density at radius 3 is 2.39 bits per heavy atom. The molecule has 1 aromatic heterocycles. The highest BCUT2D eigenvalue weighted by atomic mass is 35.5. The largest absolute Gasteiger partial charge is 0.493 e. The van der Waals surface area contributed by atoms with Crippen molar-refractivity contribution in [3.63, 3.8) is 0 Å². The predicted octanol–water partition coefficient (Wildman–Crippen LogP) is 2.89. The first-order chi connectivity index (χ1) is 15.8. The summed E-state index contributed by atoms with van der Waals surface area (Å²) in [4.78, 5) is 14.6. The van der Waals surface area contributed by atoms with Crippen LogP contribution in [-0.2, 0) is 10.0 Å². The lowest BCUT2D eigenvalue weighted by molar-refractivity contribution is 0.0692. The highest BCUT2D eigenvalue weighted by molar-refractivity contribution is 7.89. The van der Waals surface area contributed by atoms with Gasteiger partial charge in [0, 0.05) is 42.8 Å². The molecule has 174 valence electrons. The van der Waals surface area contributed by atoms with E-state index in [9.17, 15) is 13.2 Å². The standard InChI is InChI=1S/C22H23ClN4O5S/c1-31-20-7-6-17(13-21(20)32-2)33(29,30)27-10-8-26(9-11-27)22(28)19-14-18(24-25-19)15-4-3-5-16(23)12-15/h3-7,12-14H,8-11H2,1-2H3,(H,24,25). The minimum Gasteiger partial charge on any atom is -0.493 e. The van der Waals surface area contributed by atoms with Crippen molar-refractivity contribution in [3.05, 3.63) is 59.2 Å². The van der Waals surface area contributed by atoms with E-state index < -0.39 is 10.0 Å². The van der Waals surface area contributed by atoms with Crippen molar-refractivity contribution in [2.45, 2.75) is 4.90 Å². The van der Waals surface area contributed by atoms with Crippen LogP contribution in [-0.4, -0.2) is 74.1 Å². The number of piperazine rings is 1. The summed E-state index contributed by atoms with van der Waals surface area (Å²) in [6.45, 7) is 0.878. The average Bonchev–Trinajstić information content (AvgIpc) is 3.33. The maximum atomic E-state index is 13.1. The van der Waals surface area contributed by atoms with E-state index >= 15 is 0 Å². The molecule has 1 aliphatic rings. The molecule has 0 aliphatic carbocycles. The van der Waals surface area contributed by atoms with Gasteiger partial charge in [-0.3, -0.25) is 9.89 Å². The Morgan fingerprint density at radius 1 is 1.00 bits per heavy atom. The Morgan fingerprint density at radius 2 is 1.73 bits per heavy atom. The van der Waals surface area contributed by atoms with Gasteiger partial charge in [0.1, 0.15) is 5.69 Å². The van der Waals surface area contributed by atoms with Crippen molar-refractivity contribution >= 4 is 27.5 Å². The number of carbonyl (C=O) groups excluding carboxylic acids is 1. The van der Waals surface area contributed by atoms with E-state index in [4.69, 9.17) is 21.1 Å². The van der Waals surface area contributed by atoms with Crippen molar-refractivity contribution in [3.8, 4) is 22.8 Å². The number of hydrogen-bond acceptors (Lipinski definition) is 6. The minimum absolute atomic E-state index is 0.111. The van der Waals surface area contributed by atoms with E-state index in [0.717, 1.165) is 5.56 Å². The summed E-state index contributed by atoms with van der Waals surface area (Å²) in [5.41, 5.74) is 1.74. The van der Waals surface area contributed by atoms with Crippen LogP contribution in [0.25, 0.3) is 11.3 Å². The van der Waals surface area contributed by atoms with Gasteiger partial charge in [-0.15, -0.1) is 0 Å². The number of halogens is 1. The first-order valence-electron chi connectivity index (χ1n) is 10.2. The molecule has 4 rings (SSSR count). The SMILES string of the molecule is COc1ccc(S(=O)(=O)N2CCN(C(=O)c3cc(-c4cccc(Cl)c4)n[nH]3)CC2)cc1OC. The number of aromatic nitrogens is 2. The number of aromatic amines is 1. The van der Waals surface area contributed by atoms with Gasteiger partial charge in [0.05, 0.1) is 24.8 Å².